The molecule has 140 valence electrons. The molecule has 7 heteroatoms. The maximum Gasteiger partial charge on any atom is 0.408 e. The zero-order chi connectivity index (χ0) is 19.1. The molecule has 0 saturated carbocycles. The Balaban J connectivity index is 5.13. The highest BCUT2D eigenvalue weighted by Crippen LogP contribution is 2.12. The molecule has 2 N–H and O–H groups in total. The van der Waals surface area contributed by atoms with E-state index in [1.807, 2.05) is 13.8 Å². The van der Waals surface area contributed by atoms with E-state index in [0.717, 1.165) is 0 Å². The SMILES string of the molecule is CC[C@H](C)[C@H](NC(=O)OC(C)(C)C)C(=O)N[C@H](C(=O)OC)C(C)C. The van der Waals surface area contributed by atoms with E-state index in [2.05, 4.69) is 10.6 Å². The van der Waals surface area contributed by atoms with Crippen LogP contribution < -0.4 is 10.6 Å². The summed E-state index contributed by atoms with van der Waals surface area (Å²) in [5.41, 5.74) is -0.660. The highest BCUT2D eigenvalue weighted by Gasteiger charge is 2.32. The van der Waals surface area contributed by atoms with Crippen molar-refractivity contribution in [2.24, 2.45) is 11.8 Å². The van der Waals surface area contributed by atoms with Gasteiger partial charge in [0.15, 0.2) is 0 Å². The summed E-state index contributed by atoms with van der Waals surface area (Å²) in [6.45, 7) is 12.6. The first-order valence-electron chi connectivity index (χ1n) is 8.30. The number of nitrogens with one attached hydrogen (secondary N) is 2. The van der Waals surface area contributed by atoms with Crippen molar-refractivity contribution in [1.29, 1.82) is 0 Å². The third kappa shape index (κ3) is 7.66. The summed E-state index contributed by atoms with van der Waals surface area (Å²) >= 11 is 0. The molecule has 0 unspecified atom stereocenters. The average Bonchev–Trinajstić information content (AvgIpc) is 2.46. The first kappa shape index (κ1) is 22.2. The lowest BCUT2D eigenvalue weighted by Crippen LogP contribution is -2.56. The van der Waals surface area contributed by atoms with Crippen molar-refractivity contribution in [3.8, 4) is 0 Å². The fourth-order valence-corrected chi connectivity index (χ4v) is 2.00. The lowest BCUT2D eigenvalue weighted by Gasteiger charge is -2.28. The minimum Gasteiger partial charge on any atom is -0.467 e. The molecular weight excluding hydrogens is 312 g/mol. The van der Waals surface area contributed by atoms with Gasteiger partial charge in [0, 0.05) is 0 Å². The average molecular weight is 344 g/mol. The Morgan fingerprint density at radius 3 is 1.92 bits per heavy atom. The summed E-state index contributed by atoms with van der Waals surface area (Å²) in [6, 6.07) is -1.56. The van der Waals surface area contributed by atoms with Crippen LogP contribution in [-0.2, 0) is 19.1 Å². The number of esters is 1. The van der Waals surface area contributed by atoms with Gasteiger partial charge in [-0.1, -0.05) is 34.1 Å². The Morgan fingerprint density at radius 2 is 1.54 bits per heavy atom. The molecule has 0 heterocycles. The van der Waals surface area contributed by atoms with Crippen LogP contribution in [0.2, 0.25) is 0 Å². The maximum atomic E-state index is 12.6. The van der Waals surface area contributed by atoms with E-state index in [1.165, 1.54) is 7.11 Å². The summed E-state index contributed by atoms with van der Waals surface area (Å²) in [4.78, 5) is 36.4. The topological polar surface area (TPSA) is 93.7 Å². The number of ether oxygens (including phenoxy) is 2. The number of amides is 2. The van der Waals surface area contributed by atoms with Crippen LogP contribution in [0.4, 0.5) is 4.79 Å². The van der Waals surface area contributed by atoms with E-state index in [9.17, 15) is 14.4 Å². The van der Waals surface area contributed by atoms with Gasteiger partial charge in [0.05, 0.1) is 7.11 Å². The van der Waals surface area contributed by atoms with Gasteiger partial charge in [-0.15, -0.1) is 0 Å². The van der Waals surface area contributed by atoms with E-state index in [-0.39, 0.29) is 11.8 Å². The monoisotopic (exact) mass is 344 g/mol. The third-order valence-corrected chi connectivity index (χ3v) is 3.59. The second-order valence-electron chi connectivity index (χ2n) is 7.26. The maximum absolute atomic E-state index is 12.6. The van der Waals surface area contributed by atoms with E-state index in [4.69, 9.17) is 9.47 Å². The van der Waals surface area contributed by atoms with Crippen LogP contribution >= 0.6 is 0 Å². The van der Waals surface area contributed by atoms with Crippen molar-refractivity contribution in [3.63, 3.8) is 0 Å². The van der Waals surface area contributed by atoms with Crippen LogP contribution in [0.3, 0.4) is 0 Å². The number of rotatable bonds is 7. The zero-order valence-corrected chi connectivity index (χ0v) is 16.1. The standard InChI is InChI=1S/C17H32N2O5/c1-9-11(4)13(19-16(22)24-17(5,6)7)14(20)18-12(10(2)3)15(21)23-8/h10-13H,9H2,1-8H3,(H,18,20)(H,19,22)/t11-,12-,13-/m0/s1. The van der Waals surface area contributed by atoms with Crippen LogP contribution in [0.15, 0.2) is 0 Å². The Bertz CT molecular complexity index is 443. The summed E-state index contributed by atoms with van der Waals surface area (Å²) in [5.74, 6) is -1.21. The predicted molar refractivity (Wildman–Crippen MR) is 91.4 cm³/mol. The van der Waals surface area contributed by atoms with Crippen LogP contribution in [0.5, 0.6) is 0 Å². The van der Waals surface area contributed by atoms with Gasteiger partial charge >= 0.3 is 12.1 Å². The number of hydrogen-bond donors (Lipinski definition) is 2. The predicted octanol–water partition coefficient (Wildman–Crippen LogP) is 2.24. The largest absolute Gasteiger partial charge is 0.467 e. The van der Waals surface area contributed by atoms with E-state index in [0.29, 0.717) is 6.42 Å². The Labute approximate surface area is 144 Å². The molecule has 0 bridgehead atoms. The van der Waals surface area contributed by atoms with Gasteiger partial charge in [-0.25, -0.2) is 9.59 Å². The molecule has 0 fully saturated rings. The summed E-state index contributed by atoms with van der Waals surface area (Å²) in [6.07, 6.45) is 0.0143. The molecule has 0 spiro atoms. The van der Waals surface area contributed by atoms with Gasteiger partial charge in [0.2, 0.25) is 5.91 Å². The number of hydrogen-bond acceptors (Lipinski definition) is 5. The summed E-state index contributed by atoms with van der Waals surface area (Å²) < 4.78 is 9.93. The zero-order valence-electron chi connectivity index (χ0n) is 16.1. The second-order valence-corrected chi connectivity index (χ2v) is 7.26. The van der Waals surface area contributed by atoms with Gasteiger partial charge in [-0.3, -0.25) is 4.79 Å². The Morgan fingerprint density at radius 1 is 1.00 bits per heavy atom. The molecule has 7 nitrogen and oxygen atoms in total. The quantitative estimate of drug-likeness (QED) is 0.691. The normalized spacial score (nSPS) is 15.2. The fourth-order valence-electron chi connectivity index (χ4n) is 2.00. The molecule has 3 atom stereocenters. The van der Waals surface area contributed by atoms with Crippen LogP contribution in [-0.4, -0.2) is 42.8 Å². The van der Waals surface area contributed by atoms with Crippen molar-refractivity contribution in [3.05, 3.63) is 0 Å². The van der Waals surface area contributed by atoms with Crippen LogP contribution in [0, 0.1) is 11.8 Å². The molecule has 0 aromatic heterocycles. The molecule has 24 heavy (non-hydrogen) atoms. The third-order valence-electron chi connectivity index (χ3n) is 3.59. The van der Waals surface area contributed by atoms with Crippen molar-refractivity contribution in [2.45, 2.75) is 72.6 Å². The molecule has 0 rings (SSSR count). The van der Waals surface area contributed by atoms with Crippen molar-refractivity contribution in [1.82, 2.24) is 10.6 Å². The smallest absolute Gasteiger partial charge is 0.408 e. The number of carbonyl (C=O) groups is 3. The summed E-state index contributed by atoms with van der Waals surface area (Å²) in [7, 11) is 1.27. The van der Waals surface area contributed by atoms with Gasteiger partial charge < -0.3 is 20.1 Å². The number of methoxy groups -OCH3 is 1. The molecule has 0 aliphatic rings. The molecule has 0 aliphatic heterocycles. The van der Waals surface area contributed by atoms with Gasteiger partial charge in [0.1, 0.15) is 17.7 Å². The first-order chi connectivity index (χ1) is 10.9. The van der Waals surface area contributed by atoms with Crippen LogP contribution in [0.25, 0.3) is 0 Å². The molecule has 0 radical (unpaired) electrons. The minimum atomic E-state index is -0.796. The van der Waals surface area contributed by atoms with Crippen molar-refractivity contribution in [2.75, 3.05) is 7.11 Å². The second kappa shape index (κ2) is 9.49. The first-order valence-corrected chi connectivity index (χ1v) is 8.30. The van der Waals surface area contributed by atoms with Crippen LogP contribution in [0.1, 0.15) is 54.9 Å². The molecule has 0 aliphatic carbocycles. The summed E-state index contributed by atoms with van der Waals surface area (Å²) in [5, 5.41) is 5.27. The fraction of sp³-hybridized carbons (Fsp3) is 0.824. The number of carbonyl (C=O) groups excluding carboxylic acids is 3. The Hall–Kier alpha value is -1.79. The van der Waals surface area contributed by atoms with E-state index >= 15 is 0 Å². The minimum absolute atomic E-state index is 0.122. The van der Waals surface area contributed by atoms with Crippen molar-refractivity contribution >= 4 is 18.0 Å². The van der Waals surface area contributed by atoms with E-state index < -0.39 is 35.7 Å². The Kier molecular flexibility index (Phi) is 8.78. The highest BCUT2D eigenvalue weighted by atomic mass is 16.6. The lowest BCUT2D eigenvalue weighted by atomic mass is 9.97. The number of alkyl carbamates (subject to hydrolysis) is 1. The van der Waals surface area contributed by atoms with Gasteiger partial charge in [0.25, 0.3) is 0 Å². The van der Waals surface area contributed by atoms with Gasteiger partial charge in [-0.2, -0.15) is 0 Å². The van der Waals surface area contributed by atoms with Crippen molar-refractivity contribution < 1.29 is 23.9 Å². The molecule has 0 saturated heterocycles. The molecule has 2 amide bonds. The molecule has 0 aromatic rings. The highest BCUT2D eigenvalue weighted by molar-refractivity contribution is 5.90. The molecule has 0 aromatic carbocycles. The van der Waals surface area contributed by atoms with Gasteiger partial charge in [-0.05, 0) is 32.6 Å². The van der Waals surface area contributed by atoms with E-state index in [1.54, 1.807) is 34.6 Å². The lowest BCUT2D eigenvalue weighted by molar-refractivity contribution is -0.146. The molecular formula is C17H32N2O5.